The van der Waals surface area contributed by atoms with Crippen molar-refractivity contribution in [3.05, 3.63) is 70.2 Å². The van der Waals surface area contributed by atoms with Gasteiger partial charge in [-0.1, -0.05) is 34.6 Å². The van der Waals surface area contributed by atoms with Crippen molar-refractivity contribution in [3.63, 3.8) is 0 Å². The van der Waals surface area contributed by atoms with Crippen LogP contribution in [-0.2, 0) is 19.1 Å². The van der Waals surface area contributed by atoms with E-state index in [2.05, 4.69) is 27.8 Å². The van der Waals surface area contributed by atoms with Crippen molar-refractivity contribution in [2.75, 3.05) is 14.2 Å². The molecular formula is C21H20BrNO5. The van der Waals surface area contributed by atoms with E-state index in [-0.39, 0.29) is 0 Å². The Kier molecular flexibility index (Phi) is 5.74. The maximum atomic E-state index is 12.5. The van der Waals surface area contributed by atoms with Crippen LogP contribution in [0.25, 0.3) is 11.3 Å². The van der Waals surface area contributed by atoms with Gasteiger partial charge in [0.25, 0.3) is 0 Å². The van der Waals surface area contributed by atoms with Crippen molar-refractivity contribution >= 4 is 27.9 Å². The third kappa shape index (κ3) is 3.62. The average molecular weight is 446 g/mol. The molecule has 6 nitrogen and oxygen atoms in total. The van der Waals surface area contributed by atoms with E-state index in [1.54, 1.807) is 13.0 Å². The first-order chi connectivity index (χ1) is 13.4. The summed E-state index contributed by atoms with van der Waals surface area (Å²) in [6.45, 7) is 5.67. The maximum Gasteiger partial charge on any atom is 0.336 e. The largest absolute Gasteiger partial charge is 0.468 e. The van der Waals surface area contributed by atoms with E-state index in [1.807, 2.05) is 30.3 Å². The highest BCUT2D eigenvalue weighted by atomic mass is 79.9. The van der Waals surface area contributed by atoms with Gasteiger partial charge in [-0.3, -0.25) is 4.79 Å². The SMILES string of the molecule is C=C1NC(C)=C(C(=O)OC)C(c2ccc(-c3ccc(Br)cc3)o2)C1C(=O)OC. The number of carbonyl (C=O) groups excluding carboxylic acids is 2. The minimum Gasteiger partial charge on any atom is -0.468 e. The normalized spacial score (nSPS) is 19.2. The van der Waals surface area contributed by atoms with Gasteiger partial charge in [0.05, 0.1) is 25.7 Å². The van der Waals surface area contributed by atoms with Gasteiger partial charge < -0.3 is 19.2 Å². The molecule has 2 atom stereocenters. The molecule has 0 fully saturated rings. The minimum atomic E-state index is -0.827. The summed E-state index contributed by atoms with van der Waals surface area (Å²) in [6.07, 6.45) is 0. The number of benzene rings is 1. The summed E-state index contributed by atoms with van der Waals surface area (Å²) in [4.78, 5) is 25.0. The maximum absolute atomic E-state index is 12.5. The molecule has 2 aromatic rings. The molecule has 3 rings (SSSR count). The van der Waals surface area contributed by atoms with Gasteiger partial charge in [-0.2, -0.15) is 0 Å². The third-order valence-corrected chi connectivity index (χ3v) is 5.22. The lowest BCUT2D eigenvalue weighted by molar-refractivity contribution is -0.145. The molecular weight excluding hydrogens is 426 g/mol. The number of hydrogen-bond donors (Lipinski definition) is 1. The van der Waals surface area contributed by atoms with Gasteiger partial charge in [0.1, 0.15) is 17.4 Å². The first-order valence-electron chi connectivity index (χ1n) is 8.55. The molecule has 28 heavy (non-hydrogen) atoms. The van der Waals surface area contributed by atoms with Crippen LogP contribution in [0.2, 0.25) is 0 Å². The van der Waals surface area contributed by atoms with Crippen molar-refractivity contribution in [1.29, 1.82) is 0 Å². The molecule has 1 aliphatic heterocycles. The average Bonchev–Trinajstić information content (AvgIpc) is 3.16. The molecule has 0 aliphatic carbocycles. The Morgan fingerprint density at radius 3 is 2.39 bits per heavy atom. The number of methoxy groups -OCH3 is 2. The van der Waals surface area contributed by atoms with Gasteiger partial charge in [-0.25, -0.2) is 4.79 Å². The van der Waals surface area contributed by atoms with Crippen molar-refractivity contribution in [1.82, 2.24) is 5.32 Å². The number of rotatable bonds is 4. The second-order valence-electron chi connectivity index (χ2n) is 6.37. The first kappa shape index (κ1) is 19.9. The Labute approximate surface area is 171 Å². The fraction of sp³-hybridized carbons (Fsp3) is 0.238. The zero-order valence-electron chi connectivity index (χ0n) is 15.7. The molecule has 2 unspecified atom stereocenters. The highest BCUT2D eigenvalue weighted by molar-refractivity contribution is 9.10. The van der Waals surface area contributed by atoms with Gasteiger partial charge in [-0.15, -0.1) is 0 Å². The summed E-state index contributed by atoms with van der Waals surface area (Å²) in [7, 11) is 2.59. The van der Waals surface area contributed by atoms with Gasteiger partial charge >= 0.3 is 11.9 Å². The van der Waals surface area contributed by atoms with Crippen LogP contribution in [0, 0.1) is 5.92 Å². The van der Waals surface area contributed by atoms with Gasteiger partial charge in [0.15, 0.2) is 0 Å². The molecule has 0 radical (unpaired) electrons. The molecule has 1 aliphatic rings. The smallest absolute Gasteiger partial charge is 0.336 e. The van der Waals surface area contributed by atoms with Crippen LogP contribution in [0.3, 0.4) is 0 Å². The lowest BCUT2D eigenvalue weighted by Crippen LogP contribution is -2.39. The van der Waals surface area contributed by atoms with E-state index in [0.717, 1.165) is 10.0 Å². The molecule has 7 heteroatoms. The van der Waals surface area contributed by atoms with Gasteiger partial charge in [-0.05, 0) is 31.2 Å². The molecule has 0 amide bonds. The van der Waals surface area contributed by atoms with E-state index in [4.69, 9.17) is 13.9 Å². The predicted octanol–water partition coefficient (Wildman–Crippen LogP) is 4.15. The van der Waals surface area contributed by atoms with Gasteiger partial charge in [0.2, 0.25) is 0 Å². The van der Waals surface area contributed by atoms with Crippen molar-refractivity contribution in [2.45, 2.75) is 12.8 Å². The second-order valence-corrected chi connectivity index (χ2v) is 7.28. The number of furan rings is 1. The monoisotopic (exact) mass is 445 g/mol. The molecule has 0 bridgehead atoms. The van der Waals surface area contributed by atoms with Crippen LogP contribution in [0.15, 0.2) is 68.8 Å². The number of nitrogens with one attached hydrogen (secondary N) is 1. The molecule has 0 spiro atoms. The second kappa shape index (κ2) is 8.06. The Morgan fingerprint density at radius 1 is 1.11 bits per heavy atom. The van der Waals surface area contributed by atoms with E-state index < -0.39 is 23.8 Å². The van der Waals surface area contributed by atoms with Crippen LogP contribution < -0.4 is 5.32 Å². The number of allylic oxidation sites excluding steroid dienone is 1. The summed E-state index contributed by atoms with van der Waals surface area (Å²) in [6, 6.07) is 11.2. The van der Waals surface area contributed by atoms with Crippen LogP contribution in [0.4, 0.5) is 0 Å². The predicted molar refractivity (Wildman–Crippen MR) is 107 cm³/mol. The Bertz CT molecular complexity index is 957. The lowest BCUT2D eigenvalue weighted by atomic mass is 9.78. The molecule has 1 N–H and O–H groups in total. The minimum absolute atomic E-state index is 0.307. The number of esters is 2. The van der Waals surface area contributed by atoms with E-state index in [1.165, 1.54) is 14.2 Å². The molecule has 0 saturated heterocycles. The highest BCUT2D eigenvalue weighted by Crippen LogP contribution is 2.42. The molecule has 2 heterocycles. The molecule has 1 aromatic heterocycles. The number of ether oxygens (including phenoxy) is 2. The van der Waals surface area contributed by atoms with Crippen LogP contribution in [0.1, 0.15) is 18.6 Å². The molecule has 1 aromatic carbocycles. The van der Waals surface area contributed by atoms with Crippen LogP contribution in [-0.4, -0.2) is 26.2 Å². The Balaban J connectivity index is 2.11. The summed E-state index contributed by atoms with van der Waals surface area (Å²) in [5, 5.41) is 2.99. The molecule has 0 saturated carbocycles. The lowest BCUT2D eigenvalue weighted by Gasteiger charge is -2.33. The Hall–Kier alpha value is -2.80. The highest BCUT2D eigenvalue weighted by Gasteiger charge is 2.44. The Morgan fingerprint density at radius 2 is 1.79 bits per heavy atom. The summed E-state index contributed by atoms with van der Waals surface area (Å²) in [5.74, 6) is -1.52. The van der Waals surface area contributed by atoms with Crippen LogP contribution in [0.5, 0.6) is 0 Å². The standard InChI is InChI=1S/C21H20BrNO5/c1-11-17(20(24)26-3)19(18(12(2)23-11)21(25)27-4)16-10-9-15(28-16)13-5-7-14(22)8-6-13/h5-10,17,19,23H,1H2,2-4H3. The first-order valence-corrected chi connectivity index (χ1v) is 9.35. The zero-order chi connectivity index (χ0) is 20.4. The number of hydrogen-bond acceptors (Lipinski definition) is 6. The van der Waals surface area contributed by atoms with Crippen molar-refractivity contribution in [3.8, 4) is 11.3 Å². The van der Waals surface area contributed by atoms with Gasteiger partial charge in [0, 0.05) is 21.4 Å². The van der Waals surface area contributed by atoms with Crippen molar-refractivity contribution < 1.29 is 23.5 Å². The summed E-state index contributed by atoms with van der Waals surface area (Å²) in [5.41, 5.74) is 2.17. The third-order valence-electron chi connectivity index (χ3n) is 4.69. The zero-order valence-corrected chi connectivity index (χ0v) is 17.3. The number of halogens is 1. The fourth-order valence-corrected chi connectivity index (χ4v) is 3.64. The summed E-state index contributed by atoms with van der Waals surface area (Å²) < 4.78 is 16.9. The van der Waals surface area contributed by atoms with E-state index in [0.29, 0.717) is 28.5 Å². The van der Waals surface area contributed by atoms with E-state index >= 15 is 0 Å². The van der Waals surface area contributed by atoms with Crippen molar-refractivity contribution in [2.24, 2.45) is 5.92 Å². The van der Waals surface area contributed by atoms with Crippen LogP contribution >= 0.6 is 15.9 Å². The topological polar surface area (TPSA) is 77.8 Å². The van der Waals surface area contributed by atoms with E-state index in [9.17, 15) is 9.59 Å². The summed E-state index contributed by atoms with van der Waals surface area (Å²) >= 11 is 3.41. The fourth-order valence-electron chi connectivity index (χ4n) is 3.38. The molecule has 146 valence electrons. The quantitative estimate of drug-likeness (QED) is 0.712. The number of carbonyl (C=O) groups is 2.